The van der Waals surface area contributed by atoms with E-state index < -0.39 is 0 Å². The molecule has 1 aromatic heterocycles. The van der Waals surface area contributed by atoms with E-state index >= 15 is 0 Å². The van der Waals surface area contributed by atoms with Gasteiger partial charge in [0.25, 0.3) is 0 Å². The first-order valence-corrected chi connectivity index (χ1v) is 6.29. The second-order valence-corrected chi connectivity index (χ2v) is 4.05. The molecule has 0 aliphatic carbocycles. The van der Waals surface area contributed by atoms with Crippen LogP contribution < -0.4 is 10.9 Å². The standard InChI is InChI=1S/C11H15N7S2.Cu/c1-12-10(19)17-15-7-9(16-18-11(20)13-2)8-3-5-14-6-4-8;/h3-7H,1-2H3,(H2,12,17,19)(H2,13,18,20);/q;+2/p-2/b15-7+,16-9-;. The molecule has 0 spiro atoms. The van der Waals surface area contributed by atoms with Gasteiger partial charge in [-0.3, -0.25) is 25.8 Å². The molecule has 1 aromatic rings. The van der Waals surface area contributed by atoms with Gasteiger partial charge in [0.1, 0.15) is 5.71 Å². The number of aromatic nitrogens is 1. The minimum Gasteiger partial charge on any atom is -0.741 e. The summed E-state index contributed by atoms with van der Waals surface area (Å²) in [4.78, 5) is 11.5. The Hall–Kier alpha value is -1.61. The molecular formula is C11H13CuN7S2. The summed E-state index contributed by atoms with van der Waals surface area (Å²) in [5, 5.41) is 8.63. The fraction of sp³-hybridized carbons (Fsp3) is 0.182. The number of rotatable bonds is 4. The van der Waals surface area contributed by atoms with Crippen LogP contribution in [0.4, 0.5) is 0 Å². The Kier molecular flexibility index (Phi) is 10.2. The van der Waals surface area contributed by atoms with Gasteiger partial charge in [0.05, 0.1) is 6.21 Å². The molecule has 2 N–H and O–H groups in total. The zero-order valence-electron chi connectivity index (χ0n) is 11.2. The number of pyridine rings is 1. The molecule has 0 amide bonds. The Morgan fingerprint density at radius 3 is 2.24 bits per heavy atom. The van der Waals surface area contributed by atoms with Gasteiger partial charge in [-0.1, -0.05) is 0 Å². The average molecular weight is 371 g/mol. The van der Waals surface area contributed by atoms with E-state index in [-0.39, 0.29) is 27.4 Å². The van der Waals surface area contributed by atoms with E-state index in [0.717, 1.165) is 5.56 Å². The summed E-state index contributed by atoms with van der Waals surface area (Å²) in [5.41, 5.74) is 6.59. The molecule has 7 nitrogen and oxygen atoms in total. The number of hydrogen-bond acceptors (Lipinski definition) is 7. The number of aliphatic imine (C=N–C) groups is 2. The molecule has 0 saturated carbocycles. The van der Waals surface area contributed by atoms with Crippen LogP contribution >= 0.6 is 0 Å². The third-order valence-corrected chi connectivity index (χ3v) is 2.55. The predicted octanol–water partition coefficient (Wildman–Crippen LogP) is 0.0136. The smallest absolute Gasteiger partial charge is 0.741 e. The second kappa shape index (κ2) is 11.1. The van der Waals surface area contributed by atoms with Gasteiger partial charge >= 0.3 is 17.1 Å². The molecule has 21 heavy (non-hydrogen) atoms. The van der Waals surface area contributed by atoms with E-state index in [1.165, 1.54) is 6.21 Å². The number of hydrogen-bond donors (Lipinski definition) is 2. The van der Waals surface area contributed by atoms with E-state index in [2.05, 4.69) is 36.0 Å². The van der Waals surface area contributed by atoms with Crippen molar-refractivity contribution in [3.8, 4) is 0 Å². The van der Waals surface area contributed by atoms with Crippen LogP contribution in [0.15, 0.2) is 44.7 Å². The Morgan fingerprint density at radius 2 is 1.67 bits per heavy atom. The van der Waals surface area contributed by atoms with Crippen molar-refractivity contribution < 1.29 is 17.1 Å². The fourth-order valence-corrected chi connectivity index (χ4v) is 1.15. The molecule has 115 valence electrons. The van der Waals surface area contributed by atoms with Gasteiger partial charge in [0.15, 0.2) is 0 Å². The Bertz CT molecular complexity index is 543. The molecule has 1 radical (unpaired) electrons. The SMILES string of the molecule is CN=C([S-])N/N=C/C(=N/NC([S-])=NC)c1ccncc1.[Cu+2]. The predicted molar refractivity (Wildman–Crippen MR) is 87.0 cm³/mol. The molecule has 0 saturated heterocycles. The molecule has 0 aliphatic heterocycles. The van der Waals surface area contributed by atoms with Gasteiger partial charge in [-0.25, -0.2) is 0 Å². The molecule has 10 heteroatoms. The summed E-state index contributed by atoms with van der Waals surface area (Å²) in [6.45, 7) is 0. The molecule has 1 heterocycles. The third kappa shape index (κ3) is 7.66. The topological polar surface area (TPSA) is 86.4 Å². The van der Waals surface area contributed by atoms with Crippen LogP contribution in [0.2, 0.25) is 0 Å². The van der Waals surface area contributed by atoms with E-state index in [1.807, 2.05) is 0 Å². The second-order valence-electron chi connectivity index (χ2n) is 3.27. The molecule has 0 fully saturated rings. The van der Waals surface area contributed by atoms with Crippen LogP contribution in [-0.4, -0.2) is 41.3 Å². The molecular weight excluding hydrogens is 358 g/mol. The van der Waals surface area contributed by atoms with Crippen LogP contribution in [-0.2, 0) is 42.3 Å². The normalized spacial score (nSPS) is 13.0. The zero-order chi connectivity index (χ0) is 14.8. The number of nitrogens with one attached hydrogen (secondary N) is 2. The summed E-state index contributed by atoms with van der Waals surface area (Å²) in [7, 11) is 3.15. The van der Waals surface area contributed by atoms with Crippen molar-refractivity contribution in [1.82, 2.24) is 15.8 Å². The van der Waals surface area contributed by atoms with Crippen LogP contribution in [0.3, 0.4) is 0 Å². The van der Waals surface area contributed by atoms with Crippen LogP contribution in [0.5, 0.6) is 0 Å². The van der Waals surface area contributed by atoms with E-state index in [1.54, 1.807) is 38.6 Å². The fourth-order valence-electron chi connectivity index (χ4n) is 1.05. The van der Waals surface area contributed by atoms with E-state index in [4.69, 9.17) is 25.3 Å². The quantitative estimate of drug-likeness (QED) is 0.256. The Labute approximate surface area is 144 Å². The van der Waals surface area contributed by atoms with Crippen molar-refractivity contribution in [1.29, 1.82) is 0 Å². The van der Waals surface area contributed by atoms with E-state index in [9.17, 15) is 0 Å². The number of amidine groups is 2. The summed E-state index contributed by atoms with van der Waals surface area (Å²) < 4.78 is 0. The molecule has 0 unspecified atom stereocenters. The van der Waals surface area contributed by atoms with Crippen LogP contribution in [0.1, 0.15) is 5.56 Å². The molecule has 1 rings (SSSR count). The molecule has 0 aliphatic rings. The monoisotopic (exact) mass is 370 g/mol. The van der Waals surface area contributed by atoms with Gasteiger partial charge in [-0.2, -0.15) is 10.2 Å². The minimum atomic E-state index is 0. The van der Waals surface area contributed by atoms with Crippen molar-refractivity contribution in [2.75, 3.05) is 14.1 Å². The van der Waals surface area contributed by atoms with Gasteiger partial charge in [0.2, 0.25) is 0 Å². The van der Waals surface area contributed by atoms with Crippen molar-refractivity contribution in [3.63, 3.8) is 0 Å². The Morgan fingerprint density at radius 1 is 1.10 bits per heavy atom. The maximum Gasteiger partial charge on any atom is 2.00 e. The first kappa shape index (κ1) is 19.4. The summed E-state index contributed by atoms with van der Waals surface area (Å²) in [6.07, 6.45) is 4.80. The number of hydrazone groups is 2. The van der Waals surface area contributed by atoms with Crippen molar-refractivity contribution in [2.24, 2.45) is 20.2 Å². The summed E-state index contributed by atoms with van der Waals surface area (Å²) in [6, 6.07) is 3.59. The first-order chi connectivity index (χ1) is 9.67. The van der Waals surface area contributed by atoms with Gasteiger partial charge in [-0.05, 0) is 22.5 Å². The van der Waals surface area contributed by atoms with Crippen LogP contribution in [0.25, 0.3) is 0 Å². The minimum absolute atomic E-state index is 0. The maximum atomic E-state index is 4.90. The number of nitrogens with zero attached hydrogens (tertiary/aromatic N) is 5. The van der Waals surface area contributed by atoms with Gasteiger partial charge < -0.3 is 25.3 Å². The molecule has 0 aromatic carbocycles. The molecule has 0 atom stereocenters. The largest absolute Gasteiger partial charge is 2.00 e. The average Bonchev–Trinajstić information content (AvgIpc) is 2.50. The van der Waals surface area contributed by atoms with Crippen molar-refractivity contribution >= 4 is 47.5 Å². The zero-order valence-corrected chi connectivity index (χ0v) is 13.8. The van der Waals surface area contributed by atoms with Crippen molar-refractivity contribution in [3.05, 3.63) is 30.1 Å². The Balaban J connectivity index is 0.00000400. The third-order valence-electron chi connectivity index (χ3n) is 2.00. The first-order valence-electron chi connectivity index (χ1n) is 5.48. The van der Waals surface area contributed by atoms with E-state index in [0.29, 0.717) is 5.71 Å². The molecule has 0 bridgehead atoms. The van der Waals surface area contributed by atoms with Crippen molar-refractivity contribution in [2.45, 2.75) is 0 Å². The summed E-state index contributed by atoms with van der Waals surface area (Å²) >= 11 is 9.76. The van der Waals surface area contributed by atoms with Gasteiger partial charge in [0, 0.05) is 32.1 Å². The summed E-state index contributed by atoms with van der Waals surface area (Å²) in [5.74, 6) is 0. The van der Waals surface area contributed by atoms with Gasteiger partial charge in [-0.15, -0.1) is 0 Å². The maximum absolute atomic E-state index is 4.90. The van der Waals surface area contributed by atoms with Crippen LogP contribution in [0, 0.1) is 0 Å².